The van der Waals surface area contributed by atoms with Crippen molar-refractivity contribution in [2.45, 2.75) is 51.9 Å². The number of hydrogen-bond acceptors (Lipinski definition) is 3. The zero-order chi connectivity index (χ0) is 13.9. The fourth-order valence-electron chi connectivity index (χ4n) is 5.85. The van der Waals surface area contributed by atoms with Crippen LogP contribution in [0.3, 0.4) is 0 Å². The first-order chi connectivity index (χ1) is 9.56. The van der Waals surface area contributed by atoms with E-state index in [1.807, 2.05) is 0 Å². The molecule has 1 heterocycles. The van der Waals surface area contributed by atoms with Crippen molar-refractivity contribution in [2.24, 2.45) is 29.1 Å². The smallest absolute Gasteiger partial charge is 0.145 e. The molecule has 20 heavy (non-hydrogen) atoms. The third kappa shape index (κ3) is 1.76. The zero-order valence-corrected chi connectivity index (χ0v) is 12.4. The summed E-state index contributed by atoms with van der Waals surface area (Å²) in [5.41, 5.74) is 7.58. The van der Waals surface area contributed by atoms with Crippen LogP contribution in [0.25, 0.3) is 0 Å². The quantitative estimate of drug-likeness (QED) is 0.832. The molecule has 1 aromatic rings. The molecule has 4 fully saturated rings. The van der Waals surface area contributed by atoms with E-state index in [1.165, 1.54) is 43.2 Å². The minimum atomic E-state index is 0.569. The van der Waals surface area contributed by atoms with Gasteiger partial charge in [-0.05, 0) is 74.0 Å². The third-order valence-corrected chi connectivity index (χ3v) is 6.54. The van der Waals surface area contributed by atoms with Gasteiger partial charge in [-0.15, -0.1) is 0 Å². The molecule has 4 aliphatic rings. The summed E-state index contributed by atoms with van der Waals surface area (Å²) in [7, 11) is 0. The summed E-state index contributed by atoms with van der Waals surface area (Å²) in [6.07, 6.45) is 11.5. The highest BCUT2D eigenvalue weighted by atomic mass is 15.3. The SMILES string of the molecule is CC(Cc1ncn(N)c1N)C12CC3CC(CC(C3)C1)C2. The molecule has 0 aliphatic heterocycles. The Kier molecular flexibility index (Phi) is 2.60. The average molecular weight is 274 g/mol. The van der Waals surface area contributed by atoms with Crippen molar-refractivity contribution in [3.63, 3.8) is 0 Å². The van der Waals surface area contributed by atoms with Gasteiger partial charge >= 0.3 is 0 Å². The molecule has 4 aliphatic carbocycles. The van der Waals surface area contributed by atoms with Crippen LogP contribution in [0.1, 0.15) is 51.1 Å². The Bertz CT molecular complexity index is 483. The molecule has 0 spiro atoms. The molecule has 0 amide bonds. The Balaban J connectivity index is 1.56. The van der Waals surface area contributed by atoms with E-state index >= 15 is 0 Å². The fourth-order valence-corrected chi connectivity index (χ4v) is 5.85. The number of nitrogens with two attached hydrogens (primary N) is 2. The van der Waals surface area contributed by atoms with Gasteiger partial charge in [0.1, 0.15) is 12.1 Å². The monoisotopic (exact) mass is 274 g/mol. The number of nitrogens with zero attached hydrogens (tertiary/aromatic N) is 2. The molecule has 5 rings (SSSR count). The molecule has 4 saturated carbocycles. The summed E-state index contributed by atoms with van der Waals surface area (Å²) in [5.74, 6) is 10.1. The Morgan fingerprint density at radius 1 is 1.25 bits per heavy atom. The Labute approximate surface area is 120 Å². The van der Waals surface area contributed by atoms with Crippen LogP contribution < -0.4 is 11.6 Å². The molecule has 1 atom stereocenters. The number of imidazole rings is 1. The molecule has 1 aromatic heterocycles. The maximum atomic E-state index is 6.02. The van der Waals surface area contributed by atoms with Crippen molar-refractivity contribution >= 4 is 5.82 Å². The molecule has 4 N–H and O–H groups in total. The first-order valence-electron chi connectivity index (χ1n) is 8.12. The lowest BCUT2D eigenvalue weighted by molar-refractivity contribution is -0.0830. The van der Waals surface area contributed by atoms with Crippen molar-refractivity contribution in [3.05, 3.63) is 12.0 Å². The summed E-state index contributed by atoms with van der Waals surface area (Å²) in [5, 5.41) is 0. The highest BCUT2D eigenvalue weighted by Crippen LogP contribution is 2.63. The zero-order valence-electron chi connectivity index (χ0n) is 12.4. The molecule has 110 valence electrons. The topological polar surface area (TPSA) is 69.9 Å². The Morgan fingerprint density at radius 2 is 1.80 bits per heavy atom. The molecule has 4 bridgehead atoms. The Hall–Kier alpha value is -1.19. The lowest BCUT2D eigenvalue weighted by Gasteiger charge is -2.59. The van der Waals surface area contributed by atoms with E-state index in [1.54, 1.807) is 6.33 Å². The van der Waals surface area contributed by atoms with Crippen LogP contribution in [-0.2, 0) is 6.42 Å². The predicted molar refractivity (Wildman–Crippen MR) is 80.3 cm³/mol. The van der Waals surface area contributed by atoms with Gasteiger partial charge in [0, 0.05) is 0 Å². The summed E-state index contributed by atoms with van der Waals surface area (Å²) in [6.45, 7) is 2.42. The number of hydrogen-bond donors (Lipinski definition) is 2. The van der Waals surface area contributed by atoms with E-state index < -0.39 is 0 Å². The van der Waals surface area contributed by atoms with Crippen molar-refractivity contribution < 1.29 is 0 Å². The first kappa shape index (κ1) is 12.5. The summed E-state index contributed by atoms with van der Waals surface area (Å²) in [4.78, 5) is 4.40. The minimum Gasteiger partial charge on any atom is -0.382 e. The average Bonchev–Trinajstić information content (AvgIpc) is 2.69. The van der Waals surface area contributed by atoms with Crippen molar-refractivity contribution in [3.8, 4) is 0 Å². The van der Waals surface area contributed by atoms with Crippen molar-refractivity contribution in [2.75, 3.05) is 11.6 Å². The molecule has 0 saturated heterocycles. The van der Waals surface area contributed by atoms with Gasteiger partial charge in [-0.3, -0.25) is 0 Å². The second-order valence-electron chi connectivity index (χ2n) is 7.87. The standard InChI is InChI=1S/C16H26N4/c1-10(2-14-15(17)20(18)9-19-14)16-6-11-3-12(7-16)5-13(4-11)8-16/h9-13H,2-8,17-18H2,1H3. The highest BCUT2D eigenvalue weighted by molar-refractivity contribution is 5.36. The van der Waals surface area contributed by atoms with E-state index in [0.29, 0.717) is 17.2 Å². The molecular formula is C16H26N4. The van der Waals surface area contributed by atoms with Gasteiger partial charge in [-0.25, -0.2) is 9.66 Å². The van der Waals surface area contributed by atoms with Crippen LogP contribution in [0.2, 0.25) is 0 Å². The van der Waals surface area contributed by atoms with Crippen LogP contribution in [-0.4, -0.2) is 9.66 Å². The van der Waals surface area contributed by atoms with Crippen LogP contribution in [0.4, 0.5) is 5.82 Å². The van der Waals surface area contributed by atoms with Crippen molar-refractivity contribution in [1.82, 2.24) is 9.66 Å². The first-order valence-corrected chi connectivity index (χ1v) is 8.12. The van der Waals surface area contributed by atoms with Crippen LogP contribution >= 0.6 is 0 Å². The number of rotatable bonds is 3. The minimum absolute atomic E-state index is 0.569. The van der Waals surface area contributed by atoms with Gasteiger partial charge in [0.2, 0.25) is 0 Å². The van der Waals surface area contributed by atoms with E-state index in [2.05, 4.69) is 11.9 Å². The van der Waals surface area contributed by atoms with E-state index in [0.717, 1.165) is 29.9 Å². The van der Waals surface area contributed by atoms with Gasteiger partial charge in [-0.2, -0.15) is 0 Å². The normalized spacial score (nSPS) is 40.1. The lowest BCUT2D eigenvalue weighted by Crippen LogP contribution is -2.49. The van der Waals surface area contributed by atoms with Crippen molar-refractivity contribution in [1.29, 1.82) is 0 Å². The second kappa shape index (κ2) is 4.15. The van der Waals surface area contributed by atoms with E-state index in [-0.39, 0.29) is 0 Å². The van der Waals surface area contributed by atoms with Gasteiger partial charge in [0.05, 0.1) is 5.69 Å². The largest absolute Gasteiger partial charge is 0.382 e. The van der Waals surface area contributed by atoms with Crippen LogP contribution in [0.15, 0.2) is 6.33 Å². The van der Waals surface area contributed by atoms with Crippen LogP contribution in [0.5, 0.6) is 0 Å². The van der Waals surface area contributed by atoms with Gasteiger partial charge in [-0.1, -0.05) is 6.92 Å². The summed E-state index contributed by atoms with van der Waals surface area (Å²) >= 11 is 0. The maximum Gasteiger partial charge on any atom is 0.145 e. The molecule has 1 unspecified atom stereocenters. The molecule has 4 heteroatoms. The van der Waals surface area contributed by atoms with Crippen LogP contribution in [0, 0.1) is 29.1 Å². The van der Waals surface area contributed by atoms with Gasteiger partial charge in [0.25, 0.3) is 0 Å². The molecular weight excluding hydrogens is 248 g/mol. The molecule has 4 nitrogen and oxygen atoms in total. The number of nitrogen functional groups attached to an aromatic ring is 2. The predicted octanol–water partition coefficient (Wildman–Crippen LogP) is 2.57. The lowest BCUT2D eigenvalue weighted by atomic mass is 9.46. The third-order valence-electron chi connectivity index (χ3n) is 6.54. The highest BCUT2D eigenvalue weighted by Gasteiger charge is 2.52. The van der Waals surface area contributed by atoms with Gasteiger partial charge in [0.15, 0.2) is 0 Å². The fraction of sp³-hybridized carbons (Fsp3) is 0.812. The van der Waals surface area contributed by atoms with E-state index in [9.17, 15) is 0 Å². The number of aromatic nitrogens is 2. The molecule has 0 radical (unpaired) electrons. The van der Waals surface area contributed by atoms with E-state index in [4.69, 9.17) is 11.6 Å². The Morgan fingerprint density at radius 3 is 2.25 bits per heavy atom. The summed E-state index contributed by atoms with van der Waals surface area (Å²) < 4.78 is 1.45. The second-order valence-corrected chi connectivity index (χ2v) is 7.87. The number of anilines is 1. The maximum absolute atomic E-state index is 6.02. The molecule has 0 aromatic carbocycles. The summed E-state index contributed by atoms with van der Waals surface area (Å²) in [6, 6.07) is 0. The van der Waals surface area contributed by atoms with Gasteiger partial charge < -0.3 is 11.6 Å².